The van der Waals surface area contributed by atoms with Gasteiger partial charge in [0.05, 0.1) is 15.7 Å². The molecule has 2 rings (SSSR count). The number of nitrogens with zero attached hydrogens (tertiary/aromatic N) is 2. The second-order valence-corrected chi connectivity index (χ2v) is 3.75. The van der Waals surface area contributed by atoms with Crippen LogP contribution in [-0.2, 0) is 0 Å². The topological polar surface area (TPSA) is 51.0 Å². The monoisotopic (exact) mass is 236 g/mol. The quantitative estimate of drug-likeness (QED) is 0.714. The van der Waals surface area contributed by atoms with Crippen LogP contribution in [0.4, 0.5) is 0 Å². The normalized spacial score (nSPS) is 10.4. The van der Waals surface area contributed by atoms with Gasteiger partial charge in [-0.1, -0.05) is 29.8 Å². The van der Waals surface area contributed by atoms with Crippen LogP contribution in [0, 0.1) is 17.0 Å². The van der Waals surface area contributed by atoms with Gasteiger partial charge in [0, 0.05) is 4.91 Å². The summed E-state index contributed by atoms with van der Waals surface area (Å²) < 4.78 is 1.15. The molecular weight excluding hydrogens is 228 g/mol. The van der Waals surface area contributed by atoms with E-state index in [1.54, 1.807) is 24.3 Å². The highest BCUT2D eigenvalue weighted by atomic mass is 35.5. The van der Waals surface area contributed by atoms with E-state index in [0.717, 1.165) is 0 Å². The van der Waals surface area contributed by atoms with E-state index in [-0.39, 0.29) is 16.5 Å². The molecule has 0 saturated carbocycles. The SMILES string of the molecule is Cc1c[n+](=O)c(-c2ccccc2)c(Cl)n1[O-]. The zero-order valence-electron chi connectivity index (χ0n) is 8.55. The molecule has 0 unspecified atom stereocenters. The number of benzene rings is 1. The summed E-state index contributed by atoms with van der Waals surface area (Å²) in [7, 11) is 0. The zero-order valence-corrected chi connectivity index (χ0v) is 9.31. The Morgan fingerprint density at radius 3 is 2.56 bits per heavy atom. The number of aryl methyl sites for hydroxylation is 1. The molecule has 4 nitrogen and oxygen atoms in total. The second kappa shape index (κ2) is 3.98. The lowest BCUT2D eigenvalue weighted by atomic mass is 10.2. The summed E-state index contributed by atoms with van der Waals surface area (Å²) in [5, 5.41) is 11.4. The number of halogens is 1. The minimum absolute atomic E-state index is 0.110. The van der Waals surface area contributed by atoms with Crippen molar-refractivity contribution >= 4 is 11.6 Å². The maximum absolute atomic E-state index is 11.7. The Hall–Kier alpha value is -1.81. The molecular formula is C11H9ClN2O2. The van der Waals surface area contributed by atoms with Crippen LogP contribution in [0.5, 0.6) is 0 Å². The molecule has 0 saturated heterocycles. The number of hydrogen-bond acceptors (Lipinski definition) is 2. The molecule has 1 aromatic heterocycles. The van der Waals surface area contributed by atoms with Gasteiger partial charge in [0.1, 0.15) is 0 Å². The first-order valence-corrected chi connectivity index (χ1v) is 5.06. The van der Waals surface area contributed by atoms with Crippen molar-refractivity contribution in [3.05, 3.63) is 57.5 Å². The predicted molar refractivity (Wildman–Crippen MR) is 61.7 cm³/mol. The highest BCUT2D eigenvalue weighted by molar-refractivity contribution is 6.31. The Bertz CT molecular complexity index is 579. The minimum Gasteiger partial charge on any atom is -0.805 e. The smallest absolute Gasteiger partial charge is 0.304 e. The average molecular weight is 237 g/mol. The summed E-state index contributed by atoms with van der Waals surface area (Å²) in [6, 6.07) is 8.84. The molecule has 0 bridgehead atoms. The predicted octanol–water partition coefficient (Wildman–Crippen LogP) is 2.38. The molecule has 16 heavy (non-hydrogen) atoms. The minimum atomic E-state index is -0.110. The van der Waals surface area contributed by atoms with Gasteiger partial charge in [-0.2, -0.15) is 0 Å². The van der Waals surface area contributed by atoms with E-state index < -0.39 is 0 Å². The van der Waals surface area contributed by atoms with Crippen molar-refractivity contribution in [2.24, 2.45) is 0 Å². The van der Waals surface area contributed by atoms with E-state index in [1.807, 2.05) is 6.07 Å². The first-order chi connectivity index (χ1) is 7.61. The molecule has 0 atom stereocenters. The van der Waals surface area contributed by atoms with Crippen molar-refractivity contribution in [1.29, 1.82) is 0 Å². The maximum Gasteiger partial charge on any atom is 0.304 e. The molecule has 1 heterocycles. The van der Waals surface area contributed by atoms with Crippen LogP contribution in [0.15, 0.2) is 36.5 Å². The van der Waals surface area contributed by atoms with Gasteiger partial charge in [0.15, 0.2) is 5.15 Å². The van der Waals surface area contributed by atoms with Crippen molar-refractivity contribution in [3.63, 3.8) is 0 Å². The Morgan fingerprint density at radius 2 is 1.94 bits per heavy atom. The van der Waals surface area contributed by atoms with E-state index in [2.05, 4.69) is 0 Å². The molecule has 0 aliphatic carbocycles. The average Bonchev–Trinajstić information content (AvgIpc) is 2.28. The fourth-order valence-electron chi connectivity index (χ4n) is 1.47. The van der Waals surface area contributed by atoms with Gasteiger partial charge < -0.3 is 9.94 Å². The molecule has 2 aromatic rings. The molecule has 0 aliphatic rings. The first kappa shape index (κ1) is 10.7. The van der Waals surface area contributed by atoms with E-state index in [4.69, 9.17) is 11.6 Å². The Morgan fingerprint density at radius 1 is 1.31 bits per heavy atom. The summed E-state index contributed by atoms with van der Waals surface area (Å²) >= 11 is 5.87. The van der Waals surface area contributed by atoms with Crippen LogP contribution < -0.4 is 4.43 Å². The molecule has 1 aromatic carbocycles. The van der Waals surface area contributed by atoms with Gasteiger partial charge in [0.2, 0.25) is 6.20 Å². The number of rotatable bonds is 1. The van der Waals surface area contributed by atoms with E-state index in [9.17, 15) is 10.1 Å². The summed E-state index contributed by atoms with van der Waals surface area (Å²) in [6.07, 6.45) is 1.21. The Labute approximate surface area is 96.9 Å². The zero-order chi connectivity index (χ0) is 11.7. The molecule has 0 fully saturated rings. The van der Waals surface area contributed by atoms with Crippen LogP contribution in [0.3, 0.4) is 0 Å². The number of aromatic nitrogens is 2. The summed E-state index contributed by atoms with van der Waals surface area (Å²) in [4.78, 5) is 11.7. The van der Waals surface area contributed by atoms with Crippen molar-refractivity contribution < 1.29 is 4.43 Å². The van der Waals surface area contributed by atoms with Crippen molar-refractivity contribution in [1.82, 2.24) is 4.73 Å². The van der Waals surface area contributed by atoms with Crippen LogP contribution in [-0.4, -0.2) is 4.73 Å². The van der Waals surface area contributed by atoms with Crippen LogP contribution in [0.2, 0.25) is 5.15 Å². The molecule has 0 radical (unpaired) electrons. The Kier molecular flexibility index (Phi) is 2.66. The summed E-state index contributed by atoms with van der Waals surface area (Å²) in [6.45, 7) is 1.53. The third kappa shape index (κ3) is 1.67. The molecule has 0 N–H and O–H groups in total. The van der Waals surface area contributed by atoms with Crippen LogP contribution in [0.1, 0.15) is 5.69 Å². The van der Waals surface area contributed by atoms with Gasteiger partial charge in [-0.3, -0.25) is 0 Å². The highest BCUT2D eigenvalue weighted by Gasteiger charge is 2.18. The van der Waals surface area contributed by atoms with Crippen molar-refractivity contribution in [2.75, 3.05) is 0 Å². The van der Waals surface area contributed by atoms with Gasteiger partial charge in [-0.25, -0.2) is 0 Å². The van der Waals surface area contributed by atoms with Crippen LogP contribution >= 0.6 is 11.6 Å². The third-order valence-corrected chi connectivity index (χ3v) is 2.60. The molecule has 5 heteroatoms. The first-order valence-electron chi connectivity index (χ1n) is 4.68. The maximum atomic E-state index is 11.7. The number of hydrogen-bond donors (Lipinski definition) is 0. The lowest BCUT2D eigenvalue weighted by Gasteiger charge is -2.14. The molecule has 0 spiro atoms. The van der Waals surface area contributed by atoms with E-state index in [1.165, 1.54) is 13.1 Å². The van der Waals surface area contributed by atoms with Gasteiger partial charge in [-0.05, 0) is 19.1 Å². The van der Waals surface area contributed by atoms with E-state index >= 15 is 0 Å². The lowest BCUT2D eigenvalue weighted by Crippen LogP contribution is -2.21. The fraction of sp³-hybridized carbons (Fsp3) is 0.0909. The molecule has 0 amide bonds. The second-order valence-electron chi connectivity index (χ2n) is 3.40. The van der Waals surface area contributed by atoms with Gasteiger partial charge in [0.25, 0.3) is 0 Å². The van der Waals surface area contributed by atoms with Gasteiger partial charge >= 0.3 is 5.69 Å². The third-order valence-electron chi connectivity index (χ3n) is 2.27. The summed E-state index contributed by atoms with van der Waals surface area (Å²) in [5.74, 6) is 0. The Balaban J connectivity index is 2.76. The standard InChI is InChI=1S/C11H9ClN2O2/c1-8-7-13(15)10(11(12)14(8)16)9-5-3-2-4-6-9/h2-7H,1H3. The van der Waals surface area contributed by atoms with E-state index in [0.29, 0.717) is 14.7 Å². The largest absolute Gasteiger partial charge is 0.805 e. The van der Waals surface area contributed by atoms with Crippen LogP contribution in [0.25, 0.3) is 11.3 Å². The lowest BCUT2D eigenvalue weighted by molar-refractivity contribution is -0.483. The molecule has 0 aliphatic heterocycles. The fourth-order valence-corrected chi connectivity index (χ4v) is 1.80. The molecule has 82 valence electrons. The summed E-state index contributed by atoms with van der Waals surface area (Å²) in [5.41, 5.74) is 1.05. The van der Waals surface area contributed by atoms with Gasteiger partial charge in [-0.15, -0.1) is 0 Å². The highest BCUT2D eigenvalue weighted by Crippen LogP contribution is 2.23. The van der Waals surface area contributed by atoms with Crippen molar-refractivity contribution in [2.45, 2.75) is 6.92 Å². The van der Waals surface area contributed by atoms with Crippen molar-refractivity contribution in [3.8, 4) is 11.3 Å².